The zero-order chi connectivity index (χ0) is 40.1. The Morgan fingerprint density at radius 1 is 0.475 bits per heavy atom. The van der Waals surface area contributed by atoms with Gasteiger partial charge in [-0.3, -0.25) is 0 Å². The smallest absolute Gasteiger partial charge is 0.0541 e. The maximum Gasteiger partial charge on any atom is 0.0541 e. The summed E-state index contributed by atoms with van der Waals surface area (Å²) in [6.07, 6.45) is 7.10. The van der Waals surface area contributed by atoms with Crippen molar-refractivity contribution in [1.82, 2.24) is 9.13 Å². The van der Waals surface area contributed by atoms with Crippen LogP contribution in [0.2, 0.25) is 0 Å². The molecule has 0 N–H and O–H groups in total. The van der Waals surface area contributed by atoms with Gasteiger partial charge >= 0.3 is 0 Å². The molecule has 14 rings (SSSR count). The fourth-order valence-corrected chi connectivity index (χ4v) is 16.6. The van der Waals surface area contributed by atoms with Gasteiger partial charge in [-0.25, -0.2) is 0 Å². The number of hydrogen-bond acceptors (Lipinski definition) is 1. The van der Waals surface area contributed by atoms with E-state index in [0.717, 1.165) is 35.5 Å². The first kappa shape index (κ1) is 35.1. The van der Waals surface area contributed by atoms with E-state index in [4.69, 9.17) is 0 Å². The number of hydrogen-bond donors (Lipinski definition) is 0. The Hall–Kier alpha value is -5.51. The van der Waals surface area contributed by atoms with E-state index in [1.54, 1.807) is 11.1 Å². The molecule has 4 fully saturated rings. The Morgan fingerprint density at radius 3 is 1.64 bits per heavy atom. The van der Waals surface area contributed by atoms with Gasteiger partial charge in [-0.2, -0.15) is 0 Å². The van der Waals surface area contributed by atoms with Gasteiger partial charge in [-0.1, -0.05) is 135 Å². The molecule has 7 aromatic carbocycles. The normalized spacial score (nSPS) is 28.5. The van der Waals surface area contributed by atoms with E-state index < -0.39 is 0 Å². The second-order valence-electron chi connectivity index (χ2n) is 19.8. The third-order valence-electron chi connectivity index (χ3n) is 17.1. The van der Waals surface area contributed by atoms with E-state index in [-0.39, 0.29) is 5.41 Å². The van der Waals surface area contributed by atoms with Crippen LogP contribution in [0.1, 0.15) is 57.1 Å². The zero-order valence-electron chi connectivity index (χ0n) is 35.0. The Bertz CT molecular complexity index is 3040. The van der Waals surface area contributed by atoms with Crippen LogP contribution in [0.4, 0.5) is 0 Å². The van der Waals surface area contributed by atoms with Crippen molar-refractivity contribution in [2.45, 2.75) is 61.2 Å². The first-order chi connectivity index (χ1) is 30.1. The van der Waals surface area contributed by atoms with E-state index in [9.17, 15) is 0 Å². The van der Waals surface area contributed by atoms with Crippen LogP contribution in [0.3, 0.4) is 0 Å². The molecule has 3 heterocycles. The number of aromatic nitrogens is 2. The molecule has 0 radical (unpaired) electrons. The fourth-order valence-electron chi connectivity index (χ4n) is 15.3. The quantitative estimate of drug-likeness (QED) is 0.173. The highest BCUT2D eigenvalue weighted by Gasteiger charge is 2.66. The van der Waals surface area contributed by atoms with E-state index in [2.05, 4.69) is 192 Å². The minimum atomic E-state index is 0.0232. The van der Waals surface area contributed by atoms with Crippen molar-refractivity contribution >= 4 is 55.4 Å². The van der Waals surface area contributed by atoms with Crippen LogP contribution in [0.15, 0.2) is 168 Å². The van der Waals surface area contributed by atoms with Crippen molar-refractivity contribution in [1.29, 1.82) is 0 Å². The highest BCUT2D eigenvalue weighted by atomic mass is 32.2. The van der Waals surface area contributed by atoms with Crippen molar-refractivity contribution in [3.63, 3.8) is 0 Å². The molecule has 2 aromatic heterocycles. The molecule has 9 aromatic rings. The topological polar surface area (TPSA) is 9.86 Å². The highest BCUT2D eigenvalue weighted by molar-refractivity contribution is 7.99. The Morgan fingerprint density at radius 2 is 1.02 bits per heavy atom. The summed E-state index contributed by atoms with van der Waals surface area (Å²) in [7, 11) is 0. The summed E-state index contributed by atoms with van der Waals surface area (Å²) in [5, 5.41) is 5.16. The van der Waals surface area contributed by atoms with Crippen molar-refractivity contribution in [2.24, 2.45) is 47.3 Å². The molecular weight excluding hydrogens is 757 g/mol. The van der Waals surface area contributed by atoms with Crippen LogP contribution < -0.4 is 0 Å². The van der Waals surface area contributed by atoms with E-state index >= 15 is 0 Å². The van der Waals surface area contributed by atoms with Crippen LogP contribution in [0, 0.1) is 47.3 Å². The molecule has 9 unspecified atom stereocenters. The number of para-hydroxylation sites is 4. The summed E-state index contributed by atoms with van der Waals surface area (Å²) in [6, 6.07) is 60.6. The van der Waals surface area contributed by atoms with Crippen LogP contribution in [-0.2, 0) is 5.41 Å². The second kappa shape index (κ2) is 12.8. The molecule has 2 nitrogen and oxygen atoms in total. The van der Waals surface area contributed by atoms with Crippen molar-refractivity contribution in [3.05, 3.63) is 169 Å². The summed E-state index contributed by atoms with van der Waals surface area (Å²) in [5.74, 6) is 6.41. The number of nitrogens with zero attached hydrogens (tertiary/aromatic N) is 2. The third kappa shape index (κ3) is 4.66. The molecule has 1 spiro atoms. The predicted molar refractivity (Wildman–Crippen MR) is 254 cm³/mol. The summed E-state index contributed by atoms with van der Waals surface area (Å²) >= 11 is 2.06. The molecule has 1 aliphatic heterocycles. The molecule has 3 heteroatoms. The lowest BCUT2D eigenvalue weighted by Crippen LogP contribution is -2.63. The average Bonchev–Trinajstić information content (AvgIpc) is 3.82. The van der Waals surface area contributed by atoms with Gasteiger partial charge in [0, 0.05) is 48.1 Å². The zero-order valence-corrected chi connectivity index (χ0v) is 35.8. The minimum Gasteiger partial charge on any atom is -0.309 e. The van der Waals surface area contributed by atoms with E-state index in [1.807, 2.05) is 0 Å². The van der Waals surface area contributed by atoms with Crippen molar-refractivity contribution in [2.75, 3.05) is 0 Å². The number of rotatable bonds is 3. The third-order valence-corrected chi connectivity index (χ3v) is 18.3. The first-order valence-corrected chi connectivity index (χ1v) is 23.9. The lowest BCUT2D eigenvalue weighted by molar-refractivity contribution is -0.143. The minimum absolute atomic E-state index is 0.0232. The maximum absolute atomic E-state index is 2.66. The highest BCUT2D eigenvalue weighted by Crippen LogP contribution is 2.72. The summed E-state index contributed by atoms with van der Waals surface area (Å²) in [5.41, 5.74) is 13.3. The van der Waals surface area contributed by atoms with E-state index in [0.29, 0.717) is 11.8 Å². The summed E-state index contributed by atoms with van der Waals surface area (Å²) < 4.78 is 5.05. The molecule has 4 aliphatic carbocycles. The summed E-state index contributed by atoms with van der Waals surface area (Å²) in [4.78, 5) is 2.98. The molecule has 61 heavy (non-hydrogen) atoms. The Labute approximate surface area is 362 Å². The molecule has 0 amide bonds. The van der Waals surface area contributed by atoms with Crippen LogP contribution in [0.25, 0.3) is 66.1 Å². The average molecular weight is 807 g/mol. The van der Waals surface area contributed by atoms with Gasteiger partial charge in [-0.15, -0.1) is 0 Å². The Kier molecular flexibility index (Phi) is 7.35. The summed E-state index contributed by atoms with van der Waals surface area (Å²) in [6.45, 7) is 5.30. The molecule has 4 saturated carbocycles. The van der Waals surface area contributed by atoms with Crippen molar-refractivity contribution in [3.8, 4) is 22.5 Å². The van der Waals surface area contributed by atoms with Crippen LogP contribution in [0.5, 0.6) is 0 Å². The van der Waals surface area contributed by atoms with Gasteiger partial charge in [0.2, 0.25) is 0 Å². The largest absolute Gasteiger partial charge is 0.309 e. The van der Waals surface area contributed by atoms with Gasteiger partial charge in [0.1, 0.15) is 0 Å². The number of fused-ring (bicyclic) bond motifs is 14. The Balaban J connectivity index is 1.07. The van der Waals surface area contributed by atoms with Gasteiger partial charge in [0.05, 0.1) is 22.1 Å². The standard InChI is InChI=1S/C58H50N2S/c1-34-27-38-32-47-46(34)28-36-26-35(2)56(48(47)29-36)58(38)49-19-7-12-25-55(49)61-57-41(18-13-20-50(57)58)37-30-39(59-51-21-8-3-14-42(51)43-15-4-9-22-52(43)59)33-40(31-37)60-53-23-10-5-16-44(53)45-17-6-11-24-54(45)60/h3-25,30-31,33-36,38,46-48,56H,26-29,32H2,1-2H3. The molecule has 5 aliphatic rings. The van der Waals surface area contributed by atoms with Crippen molar-refractivity contribution < 1.29 is 0 Å². The predicted octanol–water partition coefficient (Wildman–Crippen LogP) is 15.3. The molecule has 4 bridgehead atoms. The van der Waals surface area contributed by atoms with E-state index in [1.165, 1.54) is 108 Å². The first-order valence-electron chi connectivity index (χ1n) is 23.1. The monoisotopic (exact) mass is 806 g/mol. The second-order valence-corrected chi connectivity index (χ2v) is 20.9. The lowest BCUT2D eigenvalue weighted by Gasteiger charge is -2.68. The lowest BCUT2D eigenvalue weighted by atomic mass is 9.36. The van der Waals surface area contributed by atoms with Gasteiger partial charge in [0.15, 0.2) is 0 Å². The van der Waals surface area contributed by atoms with Crippen LogP contribution >= 0.6 is 11.8 Å². The molecular formula is C58H50N2S. The van der Waals surface area contributed by atoms with Gasteiger partial charge < -0.3 is 9.13 Å². The van der Waals surface area contributed by atoms with Crippen LogP contribution in [-0.4, -0.2) is 9.13 Å². The maximum atomic E-state index is 2.66. The fraction of sp³-hybridized carbons (Fsp3) is 0.276. The molecule has 298 valence electrons. The SMILES string of the molecule is CC1CC2CC3C1CC1CC(C)C(C3C1)C21c2ccccc2Sc2c(-c3cc(-n4c5ccccc5c5ccccc54)cc(-n4c5ccccc5c5ccccc54)c3)cccc21. The molecule has 0 saturated heterocycles. The van der Waals surface area contributed by atoms with Gasteiger partial charge in [0.25, 0.3) is 0 Å². The molecule has 9 atom stereocenters. The van der Waals surface area contributed by atoms with Gasteiger partial charge in [-0.05, 0) is 150 Å². The number of benzene rings is 7.